The minimum atomic E-state index is -0.847. The van der Waals surface area contributed by atoms with Crippen LogP contribution in [0, 0.1) is 5.82 Å². The Balaban J connectivity index is 2.67. The van der Waals surface area contributed by atoms with Crippen LogP contribution in [0.25, 0.3) is 0 Å². The smallest absolute Gasteiger partial charge is 0.144 e. The molecule has 0 aromatic heterocycles. The summed E-state index contributed by atoms with van der Waals surface area (Å²) < 4.78 is 17.7. The summed E-state index contributed by atoms with van der Waals surface area (Å²) in [7, 11) is 1.43. The molecular formula is C10H14FNO3. The molecule has 0 saturated carbocycles. The molecule has 0 aliphatic rings. The van der Waals surface area contributed by atoms with Crippen molar-refractivity contribution in [2.45, 2.75) is 6.10 Å². The molecule has 4 nitrogen and oxygen atoms in total. The second-order valence-electron chi connectivity index (χ2n) is 3.06. The highest BCUT2D eigenvalue weighted by Gasteiger charge is 2.06. The fourth-order valence-electron chi connectivity index (χ4n) is 1.10. The van der Waals surface area contributed by atoms with Crippen molar-refractivity contribution in [2.75, 3.05) is 25.6 Å². The Labute approximate surface area is 87.3 Å². The van der Waals surface area contributed by atoms with Gasteiger partial charge in [0.2, 0.25) is 0 Å². The molecular weight excluding hydrogens is 201 g/mol. The maximum absolute atomic E-state index is 12.8. The van der Waals surface area contributed by atoms with E-state index in [0.29, 0.717) is 11.4 Å². The van der Waals surface area contributed by atoms with Crippen LogP contribution < -0.4 is 10.1 Å². The van der Waals surface area contributed by atoms with Gasteiger partial charge in [0.15, 0.2) is 0 Å². The Bertz CT molecular complexity index is 320. The molecule has 0 fully saturated rings. The van der Waals surface area contributed by atoms with E-state index in [-0.39, 0.29) is 19.0 Å². The number of rotatable bonds is 5. The molecule has 0 heterocycles. The SMILES string of the molecule is COc1cc(F)ccc1NC[C@H](O)CO. The summed E-state index contributed by atoms with van der Waals surface area (Å²) in [6.07, 6.45) is -0.847. The molecule has 0 amide bonds. The van der Waals surface area contributed by atoms with Crippen molar-refractivity contribution >= 4 is 5.69 Å². The molecule has 0 unspecified atom stereocenters. The highest BCUT2D eigenvalue weighted by atomic mass is 19.1. The summed E-state index contributed by atoms with van der Waals surface area (Å²) in [5, 5.41) is 20.6. The standard InChI is InChI=1S/C10H14FNO3/c1-15-10-4-7(11)2-3-9(10)12-5-8(14)6-13/h2-4,8,12-14H,5-6H2,1H3/t8-/m0/s1. The van der Waals surface area contributed by atoms with Crippen LogP contribution in [0.15, 0.2) is 18.2 Å². The minimum Gasteiger partial charge on any atom is -0.494 e. The Kier molecular flexibility index (Phi) is 4.33. The number of anilines is 1. The van der Waals surface area contributed by atoms with Crippen molar-refractivity contribution in [2.24, 2.45) is 0 Å². The molecule has 1 rings (SSSR count). The number of benzene rings is 1. The van der Waals surface area contributed by atoms with Gasteiger partial charge in [0, 0.05) is 12.6 Å². The fraction of sp³-hybridized carbons (Fsp3) is 0.400. The van der Waals surface area contributed by atoms with Crippen LogP contribution in [0.2, 0.25) is 0 Å². The van der Waals surface area contributed by atoms with Crippen molar-refractivity contribution in [3.05, 3.63) is 24.0 Å². The van der Waals surface area contributed by atoms with Crippen LogP contribution in [0.5, 0.6) is 5.75 Å². The zero-order chi connectivity index (χ0) is 11.3. The zero-order valence-electron chi connectivity index (χ0n) is 8.40. The average Bonchev–Trinajstić information content (AvgIpc) is 2.26. The van der Waals surface area contributed by atoms with Crippen molar-refractivity contribution in [3.63, 3.8) is 0 Å². The quantitative estimate of drug-likeness (QED) is 0.673. The van der Waals surface area contributed by atoms with E-state index in [4.69, 9.17) is 14.9 Å². The fourth-order valence-corrected chi connectivity index (χ4v) is 1.10. The number of hydrogen-bond acceptors (Lipinski definition) is 4. The van der Waals surface area contributed by atoms with Gasteiger partial charge in [-0.1, -0.05) is 0 Å². The molecule has 0 aliphatic heterocycles. The number of methoxy groups -OCH3 is 1. The largest absolute Gasteiger partial charge is 0.494 e. The lowest BCUT2D eigenvalue weighted by molar-refractivity contribution is 0.105. The first-order chi connectivity index (χ1) is 7.17. The molecule has 0 radical (unpaired) electrons. The lowest BCUT2D eigenvalue weighted by Gasteiger charge is -2.13. The Hall–Kier alpha value is -1.33. The molecule has 84 valence electrons. The van der Waals surface area contributed by atoms with Crippen LogP contribution in [0.3, 0.4) is 0 Å². The number of halogens is 1. The second kappa shape index (κ2) is 5.53. The highest BCUT2D eigenvalue weighted by Crippen LogP contribution is 2.24. The Morgan fingerprint density at radius 3 is 2.87 bits per heavy atom. The third-order valence-electron chi connectivity index (χ3n) is 1.90. The number of hydrogen-bond donors (Lipinski definition) is 3. The maximum atomic E-state index is 12.8. The van der Waals surface area contributed by atoms with Crippen molar-refractivity contribution in [1.29, 1.82) is 0 Å². The Morgan fingerprint density at radius 2 is 2.27 bits per heavy atom. The van der Waals surface area contributed by atoms with Gasteiger partial charge in [0.25, 0.3) is 0 Å². The summed E-state index contributed by atoms with van der Waals surface area (Å²) in [6, 6.07) is 4.04. The first-order valence-corrected chi connectivity index (χ1v) is 4.53. The van der Waals surface area contributed by atoms with Crippen LogP contribution in [0.1, 0.15) is 0 Å². The number of aliphatic hydroxyl groups excluding tert-OH is 2. The van der Waals surface area contributed by atoms with Gasteiger partial charge in [-0.25, -0.2) is 4.39 Å². The number of aliphatic hydroxyl groups is 2. The Morgan fingerprint density at radius 1 is 1.53 bits per heavy atom. The van der Waals surface area contributed by atoms with Gasteiger partial charge in [0.1, 0.15) is 11.6 Å². The molecule has 15 heavy (non-hydrogen) atoms. The highest BCUT2D eigenvalue weighted by molar-refractivity contribution is 5.56. The molecule has 1 atom stereocenters. The van der Waals surface area contributed by atoms with Crippen LogP contribution in [-0.2, 0) is 0 Å². The lowest BCUT2D eigenvalue weighted by atomic mass is 10.2. The molecule has 0 spiro atoms. The summed E-state index contributed by atoms with van der Waals surface area (Å²) in [5.74, 6) is -0.0275. The van der Waals surface area contributed by atoms with Gasteiger partial charge >= 0.3 is 0 Å². The van der Waals surface area contributed by atoms with E-state index < -0.39 is 6.10 Å². The number of ether oxygens (including phenoxy) is 1. The zero-order valence-corrected chi connectivity index (χ0v) is 8.40. The van der Waals surface area contributed by atoms with Gasteiger partial charge < -0.3 is 20.3 Å². The predicted octanol–water partition coefficient (Wildman–Crippen LogP) is 0.599. The second-order valence-corrected chi connectivity index (χ2v) is 3.06. The first kappa shape index (κ1) is 11.7. The van der Waals surface area contributed by atoms with Crippen LogP contribution >= 0.6 is 0 Å². The topological polar surface area (TPSA) is 61.7 Å². The maximum Gasteiger partial charge on any atom is 0.144 e. The van der Waals surface area contributed by atoms with Crippen molar-refractivity contribution in [3.8, 4) is 5.75 Å². The molecule has 1 aromatic rings. The lowest BCUT2D eigenvalue weighted by Crippen LogP contribution is -2.23. The van der Waals surface area contributed by atoms with Crippen LogP contribution in [-0.4, -0.2) is 36.6 Å². The van der Waals surface area contributed by atoms with Crippen molar-refractivity contribution in [1.82, 2.24) is 0 Å². The van der Waals surface area contributed by atoms with Gasteiger partial charge in [-0.15, -0.1) is 0 Å². The van der Waals surface area contributed by atoms with E-state index in [9.17, 15) is 4.39 Å². The first-order valence-electron chi connectivity index (χ1n) is 4.53. The van der Waals surface area contributed by atoms with E-state index in [1.54, 1.807) is 0 Å². The third-order valence-corrected chi connectivity index (χ3v) is 1.90. The summed E-state index contributed by atoms with van der Waals surface area (Å²) in [4.78, 5) is 0. The van der Waals surface area contributed by atoms with E-state index in [2.05, 4.69) is 5.32 Å². The van der Waals surface area contributed by atoms with Gasteiger partial charge in [-0.2, -0.15) is 0 Å². The molecule has 3 N–H and O–H groups in total. The summed E-state index contributed by atoms with van der Waals surface area (Å²) in [5.41, 5.74) is 0.575. The van der Waals surface area contributed by atoms with Crippen molar-refractivity contribution < 1.29 is 19.3 Å². The molecule has 0 bridgehead atoms. The van der Waals surface area contributed by atoms with E-state index in [0.717, 1.165) is 0 Å². The predicted molar refractivity (Wildman–Crippen MR) is 54.5 cm³/mol. The van der Waals surface area contributed by atoms with E-state index in [1.165, 1.54) is 25.3 Å². The average molecular weight is 215 g/mol. The van der Waals surface area contributed by atoms with Gasteiger partial charge in [-0.3, -0.25) is 0 Å². The minimum absolute atomic E-state index is 0.179. The van der Waals surface area contributed by atoms with Gasteiger partial charge in [0.05, 0.1) is 25.5 Å². The monoisotopic (exact) mass is 215 g/mol. The third kappa shape index (κ3) is 3.38. The van der Waals surface area contributed by atoms with E-state index >= 15 is 0 Å². The number of nitrogens with one attached hydrogen (secondary N) is 1. The summed E-state index contributed by atoms with van der Waals surface area (Å²) in [6.45, 7) is -0.144. The van der Waals surface area contributed by atoms with Crippen LogP contribution in [0.4, 0.5) is 10.1 Å². The van der Waals surface area contributed by atoms with Gasteiger partial charge in [-0.05, 0) is 12.1 Å². The molecule has 0 aliphatic carbocycles. The summed E-state index contributed by atoms with van der Waals surface area (Å²) >= 11 is 0. The van der Waals surface area contributed by atoms with E-state index in [1.807, 2.05) is 0 Å². The molecule has 5 heteroatoms. The molecule has 1 aromatic carbocycles. The normalized spacial score (nSPS) is 12.3. The molecule has 0 saturated heterocycles.